The number of ether oxygens (including phenoxy) is 1. The maximum Gasteiger partial charge on any atom is 0.318 e. The topological polar surface area (TPSA) is 57.7 Å². The van der Waals surface area contributed by atoms with E-state index in [1.165, 1.54) is 0 Å². The maximum atomic E-state index is 12.7. The van der Waals surface area contributed by atoms with Crippen molar-refractivity contribution in [3.05, 3.63) is 54.2 Å². The monoisotopic (exact) mass is 354 g/mol. The number of piperazine rings is 1. The normalized spacial score (nSPS) is 14.9. The molecule has 6 nitrogen and oxygen atoms in total. The molecule has 1 aliphatic heterocycles. The summed E-state index contributed by atoms with van der Waals surface area (Å²) in [4.78, 5) is 21.2. The number of methoxy groups -OCH3 is 1. The van der Waals surface area contributed by atoms with Crippen LogP contribution < -0.4 is 15.0 Å². The van der Waals surface area contributed by atoms with Crippen molar-refractivity contribution in [2.24, 2.45) is 0 Å². The number of aromatic nitrogens is 1. The van der Waals surface area contributed by atoms with Gasteiger partial charge in [-0.2, -0.15) is 0 Å². The molecule has 0 saturated carbocycles. The Kier molecular flexibility index (Phi) is 5.30. The summed E-state index contributed by atoms with van der Waals surface area (Å²) in [5, 5.41) is 3.15. The smallest absolute Gasteiger partial charge is 0.318 e. The van der Waals surface area contributed by atoms with E-state index in [1.807, 2.05) is 61.2 Å². The zero-order valence-electron chi connectivity index (χ0n) is 15.6. The van der Waals surface area contributed by atoms with Gasteiger partial charge in [0.1, 0.15) is 11.6 Å². The average Bonchev–Trinajstić information content (AvgIpc) is 2.68. The van der Waals surface area contributed by atoms with Crippen molar-refractivity contribution < 1.29 is 9.53 Å². The molecular formula is C20H26N4O2. The highest BCUT2D eigenvalue weighted by molar-refractivity contribution is 5.75. The van der Waals surface area contributed by atoms with Crippen LogP contribution in [0.25, 0.3) is 0 Å². The summed E-state index contributed by atoms with van der Waals surface area (Å²) >= 11 is 0. The van der Waals surface area contributed by atoms with Crippen molar-refractivity contribution in [2.45, 2.75) is 19.4 Å². The van der Waals surface area contributed by atoms with E-state index in [0.717, 1.165) is 30.2 Å². The van der Waals surface area contributed by atoms with Crippen molar-refractivity contribution in [1.82, 2.24) is 15.2 Å². The summed E-state index contributed by atoms with van der Waals surface area (Å²) in [6, 6.07) is 13.7. The minimum atomic E-state index is -0.457. The third-order valence-corrected chi connectivity index (χ3v) is 4.77. The van der Waals surface area contributed by atoms with Crippen LogP contribution in [0.3, 0.4) is 0 Å². The lowest BCUT2D eigenvalue weighted by Crippen LogP contribution is -2.55. The molecule has 0 aliphatic carbocycles. The van der Waals surface area contributed by atoms with Crippen LogP contribution in [0.4, 0.5) is 10.6 Å². The lowest BCUT2D eigenvalue weighted by molar-refractivity contribution is 0.183. The van der Waals surface area contributed by atoms with Crippen LogP contribution in [0, 0.1) is 0 Å². The highest BCUT2D eigenvalue weighted by atomic mass is 16.5. The molecule has 0 bridgehead atoms. The van der Waals surface area contributed by atoms with Gasteiger partial charge >= 0.3 is 6.03 Å². The van der Waals surface area contributed by atoms with Crippen molar-refractivity contribution in [1.29, 1.82) is 0 Å². The second kappa shape index (κ2) is 7.64. The molecule has 3 rings (SSSR count). The third-order valence-electron chi connectivity index (χ3n) is 4.77. The van der Waals surface area contributed by atoms with Crippen LogP contribution in [-0.2, 0) is 5.54 Å². The Morgan fingerprint density at radius 3 is 2.35 bits per heavy atom. The molecule has 1 fully saturated rings. The van der Waals surface area contributed by atoms with E-state index in [0.29, 0.717) is 13.1 Å². The second-order valence-corrected chi connectivity index (χ2v) is 6.95. The number of benzene rings is 1. The van der Waals surface area contributed by atoms with Gasteiger partial charge in [-0.05, 0) is 43.7 Å². The van der Waals surface area contributed by atoms with Gasteiger partial charge in [0.25, 0.3) is 0 Å². The van der Waals surface area contributed by atoms with Gasteiger partial charge in [-0.1, -0.05) is 18.2 Å². The van der Waals surface area contributed by atoms with Gasteiger partial charge in [0, 0.05) is 32.4 Å². The van der Waals surface area contributed by atoms with Gasteiger partial charge in [-0.3, -0.25) is 0 Å². The minimum absolute atomic E-state index is 0.0357. The summed E-state index contributed by atoms with van der Waals surface area (Å²) in [6.07, 6.45) is 1.80. The highest BCUT2D eigenvalue weighted by Crippen LogP contribution is 2.23. The molecule has 26 heavy (non-hydrogen) atoms. The SMILES string of the molecule is COc1ccc(C(C)(C)NC(=O)N2CCN(c3ccccn3)CC2)cc1. The molecule has 6 heteroatoms. The van der Waals surface area contributed by atoms with E-state index in [1.54, 1.807) is 13.3 Å². The molecule has 0 unspecified atom stereocenters. The van der Waals surface area contributed by atoms with E-state index in [9.17, 15) is 4.79 Å². The number of rotatable bonds is 4. The lowest BCUT2D eigenvalue weighted by atomic mass is 9.94. The molecule has 1 aliphatic rings. The van der Waals surface area contributed by atoms with Gasteiger partial charge in [0.2, 0.25) is 0 Å². The molecule has 0 spiro atoms. The number of urea groups is 1. The Balaban J connectivity index is 1.58. The van der Waals surface area contributed by atoms with Gasteiger partial charge < -0.3 is 19.9 Å². The van der Waals surface area contributed by atoms with Gasteiger partial charge in [0.15, 0.2) is 0 Å². The number of pyridine rings is 1. The molecule has 2 amide bonds. The molecular weight excluding hydrogens is 328 g/mol. The minimum Gasteiger partial charge on any atom is -0.497 e. The number of hydrogen-bond acceptors (Lipinski definition) is 4. The summed E-state index contributed by atoms with van der Waals surface area (Å²) < 4.78 is 5.20. The van der Waals surface area contributed by atoms with Crippen LogP contribution in [0.15, 0.2) is 48.7 Å². The first-order valence-corrected chi connectivity index (χ1v) is 8.87. The predicted molar refractivity (Wildman–Crippen MR) is 103 cm³/mol. The molecule has 0 radical (unpaired) electrons. The fourth-order valence-electron chi connectivity index (χ4n) is 3.11. The zero-order valence-corrected chi connectivity index (χ0v) is 15.6. The van der Waals surface area contributed by atoms with Gasteiger partial charge in [-0.25, -0.2) is 9.78 Å². The fourth-order valence-corrected chi connectivity index (χ4v) is 3.11. The zero-order chi connectivity index (χ0) is 18.6. The summed E-state index contributed by atoms with van der Waals surface area (Å²) in [5.74, 6) is 1.77. The van der Waals surface area contributed by atoms with Crippen molar-refractivity contribution >= 4 is 11.8 Å². The van der Waals surface area contributed by atoms with Crippen LogP contribution in [0.1, 0.15) is 19.4 Å². The first kappa shape index (κ1) is 18.0. The second-order valence-electron chi connectivity index (χ2n) is 6.95. The Morgan fingerprint density at radius 1 is 1.08 bits per heavy atom. The molecule has 1 N–H and O–H groups in total. The summed E-state index contributed by atoms with van der Waals surface area (Å²) in [6.45, 7) is 6.96. The van der Waals surface area contributed by atoms with Crippen LogP contribution >= 0.6 is 0 Å². The fraction of sp³-hybridized carbons (Fsp3) is 0.400. The Labute approximate surface area is 154 Å². The molecule has 2 aromatic rings. The Morgan fingerprint density at radius 2 is 1.77 bits per heavy atom. The molecule has 1 saturated heterocycles. The van der Waals surface area contributed by atoms with Crippen LogP contribution in [0.5, 0.6) is 5.75 Å². The van der Waals surface area contributed by atoms with E-state index < -0.39 is 5.54 Å². The van der Waals surface area contributed by atoms with Crippen molar-refractivity contribution in [3.8, 4) is 5.75 Å². The standard InChI is InChI=1S/C20H26N4O2/c1-20(2,16-7-9-17(26-3)10-8-16)22-19(25)24-14-12-23(13-15-24)18-6-4-5-11-21-18/h4-11H,12-15H2,1-3H3,(H,22,25). The van der Waals surface area contributed by atoms with Crippen molar-refractivity contribution in [2.75, 3.05) is 38.2 Å². The number of nitrogens with one attached hydrogen (secondary N) is 1. The van der Waals surface area contributed by atoms with E-state index in [-0.39, 0.29) is 6.03 Å². The molecule has 138 valence electrons. The quantitative estimate of drug-likeness (QED) is 0.917. The summed E-state index contributed by atoms with van der Waals surface area (Å²) in [7, 11) is 1.65. The third kappa shape index (κ3) is 4.07. The first-order chi connectivity index (χ1) is 12.5. The largest absolute Gasteiger partial charge is 0.497 e. The number of nitrogens with zero attached hydrogens (tertiary/aromatic N) is 3. The maximum absolute atomic E-state index is 12.7. The Bertz CT molecular complexity index is 723. The Hall–Kier alpha value is -2.76. The predicted octanol–water partition coefficient (Wildman–Crippen LogP) is 2.86. The molecule has 1 aromatic heterocycles. The number of carbonyl (C=O) groups excluding carboxylic acids is 1. The lowest BCUT2D eigenvalue weighted by Gasteiger charge is -2.37. The molecule has 2 heterocycles. The van der Waals surface area contributed by atoms with Crippen molar-refractivity contribution in [3.63, 3.8) is 0 Å². The molecule has 1 aromatic carbocycles. The average molecular weight is 354 g/mol. The van der Waals surface area contributed by atoms with E-state index in [4.69, 9.17) is 4.74 Å². The highest BCUT2D eigenvalue weighted by Gasteiger charge is 2.28. The number of hydrogen-bond donors (Lipinski definition) is 1. The van der Waals surface area contributed by atoms with E-state index in [2.05, 4.69) is 15.2 Å². The number of anilines is 1. The van der Waals surface area contributed by atoms with Gasteiger partial charge in [-0.15, -0.1) is 0 Å². The number of amides is 2. The molecule has 0 atom stereocenters. The van der Waals surface area contributed by atoms with Crippen LogP contribution in [0.2, 0.25) is 0 Å². The summed E-state index contributed by atoms with van der Waals surface area (Å²) in [5.41, 5.74) is 0.584. The first-order valence-electron chi connectivity index (χ1n) is 8.87. The van der Waals surface area contributed by atoms with E-state index >= 15 is 0 Å². The number of carbonyl (C=O) groups is 1. The van der Waals surface area contributed by atoms with Gasteiger partial charge in [0.05, 0.1) is 12.6 Å². The van der Waals surface area contributed by atoms with Crippen LogP contribution in [-0.4, -0.2) is 49.2 Å².